The van der Waals surface area contributed by atoms with Gasteiger partial charge in [0.15, 0.2) is 0 Å². The summed E-state index contributed by atoms with van der Waals surface area (Å²) in [6.07, 6.45) is 5.04. The Balaban J connectivity index is 1.55. The number of anilines is 3. The summed E-state index contributed by atoms with van der Waals surface area (Å²) in [5.41, 5.74) is 1.30. The van der Waals surface area contributed by atoms with E-state index in [1.165, 1.54) is 0 Å². The molecule has 1 aliphatic heterocycles. The zero-order chi connectivity index (χ0) is 16.1. The first-order valence-electron chi connectivity index (χ1n) is 7.64. The van der Waals surface area contributed by atoms with Gasteiger partial charge in [0.05, 0.1) is 37.0 Å². The second-order valence-electron chi connectivity index (χ2n) is 5.17. The van der Waals surface area contributed by atoms with Crippen molar-refractivity contribution >= 4 is 23.2 Å². The summed E-state index contributed by atoms with van der Waals surface area (Å²) < 4.78 is 7.07. The number of carbonyl (C=O) groups is 1. The number of hydrogen-bond acceptors (Lipinski definition) is 5. The van der Waals surface area contributed by atoms with Crippen LogP contribution in [-0.2, 0) is 11.3 Å². The Labute approximate surface area is 134 Å². The zero-order valence-corrected chi connectivity index (χ0v) is 13.0. The molecule has 0 saturated carbocycles. The van der Waals surface area contributed by atoms with Gasteiger partial charge in [0.25, 0.3) is 0 Å². The molecule has 0 spiro atoms. The van der Waals surface area contributed by atoms with Gasteiger partial charge >= 0.3 is 6.03 Å². The highest BCUT2D eigenvalue weighted by atomic mass is 16.5. The van der Waals surface area contributed by atoms with Crippen LogP contribution in [0.5, 0.6) is 0 Å². The molecule has 3 heterocycles. The van der Waals surface area contributed by atoms with E-state index in [9.17, 15) is 4.79 Å². The van der Waals surface area contributed by atoms with Crippen molar-refractivity contribution in [2.75, 3.05) is 41.8 Å². The van der Waals surface area contributed by atoms with Crippen LogP contribution in [0.2, 0.25) is 0 Å². The number of aromatic nitrogens is 3. The van der Waals surface area contributed by atoms with Gasteiger partial charge in [0.1, 0.15) is 5.82 Å². The topological polar surface area (TPSA) is 84.3 Å². The Hall–Kier alpha value is -2.61. The largest absolute Gasteiger partial charge is 0.378 e. The SMILES string of the molecule is CCn1cc(NC(=O)Nc2ccc(N3CCOCC3)nc2)cn1. The van der Waals surface area contributed by atoms with Crippen molar-refractivity contribution in [2.45, 2.75) is 13.5 Å². The number of amides is 2. The van der Waals surface area contributed by atoms with E-state index in [4.69, 9.17) is 4.74 Å². The van der Waals surface area contributed by atoms with E-state index < -0.39 is 0 Å². The fourth-order valence-electron chi connectivity index (χ4n) is 2.33. The minimum absolute atomic E-state index is 0.318. The van der Waals surface area contributed by atoms with Gasteiger partial charge in [0, 0.05) is 25.8 Å². The molecule has 1 aliphatic rings. The van der Waals surface area contributed by atoms with Crippen LogP contribution in [0, 0.1) is 0 Å². The van der Waals surface area contributed by atoms with E-state index in [0.717, 1.165) is 38.7 Å². The summed E-state index contributed by atoms with van der Waals surface area (Å²) in [4.78, 5) is 18.5. The second kappa shape index (κ2) is 7.10. The lowest BCUT2D eigenvalue weighted by molar-refractivity contribution is 0.122. The molecule has 8 nitrogen and oxygen atoms in total. The van der Waals surface area contributed by atoms with Crippen molar-refractivity contribution < 1.29 is 9.53 Å². The fourth-order valence-corrected chi connectivity index (χ4v) is 2.33. The van der Waals surface area contributed by atoms with Crippen LogP contribution in [0.15, 0.2) is 30.7 Å². The summed E-state index contributed by atoms with van der Waals surface area (Å²) >= 11 is 0. The average molecular weight is 316 g/mol. The van der Waals surface area contributed by atoms with Gasteiger partial charge < -0.3 is 20.3 Å². The summed E-state index contributed by atoms with van der Waals surface area (Å²) in [6, 6.07) is 3.42. The quantitative estimate of drug-likeness (QED) is 0.898. The highest BCUT2D eigenvalue weighted by Crippen LogP contribution is 2.15. The monoisotopic (exact) mass is 316 g/mol. The van der Waals surface area contributed by atoms with Crippen LogP contribution in [0.25, 0.3) is 0 Å². The summed E-state index contributed by atoms with van der Waals surface area (Å²) in [5, 5.41) is 9.59. The number of nitrogens with zero attached hydrogens (tertiary/aromatic N) is 4. The van der Waals surface area contributed by atoms with E-state index in [-0.39, 0.29) is 6.03 Å². The Morgan fingerprint density at radius 1 is 1.22 bits per heavy atom. The van der Waals surface area contributed by atoms with Crippen molar-refractivity contribution in [3.05, 3.63) is 30.7 Å². The van der Waals surface area contributed by atoms with Crippen LogP contribution in [-0.4, -0.2) is 47.1 Å². The minimum atomic E-state index is -0.318. The number of morpholine rings is 1. The first kappa shape index (κ1) is 15.3. The van der Waals surface area contributed by atoms with Crippen molar-refractivity contribution in [2.24, 2.45) is 0 Å². The highest BCUT2D eigenvalue weighted by molar-refractivity contribution is 5.99. The van der Waals surface area contributed by atoms with Gasteiger partial charge in [-0.05, 0) is 19.1 Å². The number of nitrogens with one attached hydrogen (secondary N) is 2. The van der Waals surface area contributed by atoms with Crippen molar-refractivity contribution in [1.29, 1.82) is 0 Å². The van der Waals surface area contributed by atoms with Gasteiger partial charge in [-0.25, -0.2) is 9.78 Å². The Bertz CT molecular complexity index is 648. The molecule has 0 atom stereocenters. The molecule has 23 heavy (non-hydrogen) atoms. The van der Waals surface area contributed by atoms with Gasteiger partial charge in [0.2, 0.25) is 0 Å². The van der Waals surface area contributed by atoms with Gasteiger partial charge in [-0.1, -0.05) is 0 Å². The molecule has 1 saturated heterocycles. The molecule has 0 aromatic carbocycles. The number of hydrogen-bond donors (Lipinski definition) is 2. The molecular weight excluding hydrogens is 296 g/mol. The van der Waals surface area contributed by atoms with E-state index in [0.29, 0.717) is 11.4 Å². The maximum absolute atomic E-state index is 12.0. The lowest BCUT2D eigenvalue weighted by Crippen LogP contribution is -2.36. The molecule has 1 fully saturated rings. The van der Waals surface area contributed by atoms with Gasteiger partial charge in [-0.15, -0.1) is 0 Å². The van der Waals surface area contributed by atoms with E-state index >= 15 is 0 Å². The number of rotatable bonds is 4. The molecule has 122 valence electrons. The van der Waals surface area contributed by atoms with Crippen LogP contribution in [0.4, 0.5) is 22.0 Å². The van der Waals surface area contributed by atoms with Crippen LogP contribution in [0.1, 0.15) is 6.92 Å². The molecule has 2 amide bonds. The normalized spacial score (nSPS) is 14.6. The standard InChI is InChI=1S/C15H20N6O2/c1-2-21-11-13(10-17-21)19-15(22)18-12-3-4-14(16-9-12)20-5-7-23-8-6-20/h3-4,9-11H,2,5-8H2,1H3,(H2,18,19,22). The van der Waals surface area contributed by atoms with Crippen LogP contribution >= 0.6 is 0 Å². The molecule has 0 radical (unpaired) electrons. The molecule has 2 aromatic heterocycles. The third-order valence-electron chi connectivity index (χ3n) is 3.56. The van der Waals surface area contributed by atoms with E-state index in [2.05, 4.69) is 25.6 Å². The second-order valence-corrected chi connectivity index (χ2v) is 5.17. The van der Waals surface area contributed by atoms with Crippen molar-refractivity contribution in [3.8, 4) is 0 Å². The predicted octanol–water partition coefficient (Wildman–Crippen LogP) is 1.78. The number of aryl methyl sites for hydroxylation is 1. The number of ether oxygens (including phenoxy) is 1. The first-order chi connectivity index (χ1) is 11.2. The van der Waals surface area contributed by atoms with Crippen LogP contribution in [0.3, 0.4) is 0 Å². The first-order valence-corrected chi connectivity index (χ1v) is 7.64. The molecular formula is C15H20N6O2. The molecule has 0 aliphatic carbocycles. The predicted molar refractivity (Wildman–Crippen MR) is 87.8 cm³/mol. The summed E-state index contributed by atoms with van der Waals surface area (Å²) in [7, 11) is 0. The van der Waals surface area contributed by atoms with Crippen molar-refractivity contribution in [1.82, 2.24) is 14.8 Å². The number of carbonyl (C=O) groups excluding carboxylic acids is 1. The third kappa shape index (κ3) is 3.98. The molecule has 0 bridgehead atoms. The fraction of sp³-hybridized carbons (Fsp3) is 0.400. The lowest BCUT2D eigenvalue weighted by atomic mass is 10.3. The van der Waals surface area contributed by atoms with Gasteiger partial charge in [-0.3, -0.25) is 4.68 Å². The average Bonchev–Trinajstić information content (AvgIpc) is 3.04. The van der Waals surface area contributed by atoms with Crippen molar-refractivity contribution in [3.63, 3.8) is 0 Å². The Kier molecular flexibility index (Phi) is 4.72. The van der Waals surface area contributed by atoms with Crippen LogP contribution < -0.4 is 15.5 Å². The molecule has 0 unspecified atom stereocenters. The maximum atomic E-state index is 12.0. The summed E-state index contributed by atoms with van der Waals surface area (Å²) in [6.45, 7) is 5.85. The van der Waals surface area contributed by atoms with Gasteiger partial charge in [-0.2, -0.15) is 5.10 Å². The van der Waals surface area contributed by atoms with E-state index in [1.807, 2.05) is 19.1 Å². The smallest absolute Gasteiger partial charge is 0.323 e. The number of pyridine rings is 1. The maximum Gasteiger partial charge on any atom is 0.323 e. The Morgan fingerprint density at radius 2 is 2.00 bits per heavy atom. The lowest BCUT2D eigenvalue weighted by Gasteiger charge is -2.27. The zero-order valence-electron chi connectivity index (χ0n) is 13.0. The Morgan fingerprint density at radius 3 is 2.65 bits per heavy atom. The summed E-state index contributed by atoms with van der Waals surface area (Å²) in [5.74, 6) is 0.892. The third-order valence-corrected chi connectivity index (χ3v) is 3.56. The molecule has 8 heteroatoms. The highest BCUT2D eigenvalue weighted by Gasteiger charge is 2.12. The minimum Gasteiger partial charge on any atom is -0.378 e. The molecule has 2 N–H and O–H groups in total. The molecule has 3 rings (SSSR count). The van der Waals surface area contributed by atoms with E-state index in [1.54, 1.807) is 23.3 Å². The molecule has 2 aromatic rings. The number of urea groups is 1.